The Labute approximate surface area is 115 Å². The first-order valence-corrected chi connectivity index (χ1v) is 8.57. The molecule has 2 atom stereocenters. The zero-order chi connectivity index (χ0) is 14.5. The Morgan fingerprint density at radius 1 is 1.05 bits per heavy atom. The van der Waals surface area contributed by atoms with Crippen LogP contribution in [0.2, 0.25) is 0 Å². The van der Waals surface area contributed by atoms with E-state index in [1.165, 1.54) is 24.2 Å². The van der Waals surface area contributed by atoms with Gasteiger partial charge < -0.3 is 4.89 Å². The Morgan fingerprint density at radius 3 is 2.21 bits per heavy atom. The minimum atomic E-state index is -2.92. The summed E-state index contributed by atoms with van der Waals surface area (Å²) in [6, 6.07) is 0. The number of hydrogen-bond donors (Lipinski definition) is 1. The molecule has 0 aliphatic carbocycles. The predicted octanol–water partition coefficient (Wildman–Crippen LogP) is 2.26. The van der Waals surface area contributed by atoms with Crippen molar-refractivity contribution >= 4 is 16.5 Å². The van der Waals surface area contributed by atoms with Crippen LogP contribution in [0.5, 0.6) is 0 Å². The lowest BCUT2D eigenvalue weighted by Crippen LogP contribution is -2.28. The highest BCUT2D eigenvalue weighted by Gasteiger charge is 2.17. The summed E-state index contributed by atoms with van der Waals surface area (Å²) >= 11 is 0. The van der Waals surface area contributed by atoms with Gasteiger partial charge in [-0.25, -0.2) is 4.90 Å². The van der Waals surface area contributed by atoms with Crippen LogP contribution in [0.15, 0.2) is 0 Å². The predicted molar refractivity (Wildman–Crippen MR) is 69.4 cm³/mol. The first-order chi connectivity index (χ1) is 9.06. The molecule has 0 aromatic heterocycles. The Morgan fingerprint density at radius 2 is 1.63 bits per heavy atom. The van der Waals surface area contributed by atoms with Gasteiger partial charge in [0, 0.05) is 11.1 Å². The molecule has 0 aliphatic heterocycles. The molecule has 0 aromatic carbocycles. The van der Waals surface area contributed by atoms with Crippen LogP contribution in [0.4, 0.5) is 0 Å². The van der Waals surface area contributed by atoms with Crippen molar-refractivity contribution in [3.8, 4) is 0 Å². The van der Waals surface area contributed by atoms with Crippen LogP contribution < -0.4 is 4.89 Å². The second-order valence-corrected chi connectivity index (χ2v) is 5.58. The van der Waals surface area contributed by atoms with Gasteiger partial charge in [0.05, 0.1) is 0 Å². The number of rotatable bonds is 13. The fraction of sp³-hybridized carbons (Fsp3) is 1.00. The van der Waals surface area contributed by atoms with Crippen molar-refractivity contribution in [3.63, 3.8) is 0 Å². The van der Waals surface area contributed by atoms with E-state index < -0.39 is 16.5 Å². The van der Waals surface area contributed by atoms with Crippen molar-refractivity contribution in [3.05, 3.63) is 0 Å². The van der Waals surface area contributed by atoms with E-state index in [-0.39, 0.29) is 13.5 Å². The summed E-state index contributed by atoms with van der Waals surface area (Å²) in [4.78, 5) is 20.4. The summed E-state index contributed by atoms with van der Waals surface area (Å²) in [6.45, 7) is 2.44. The Kier molecular flexibility index (Phi) is 13.0. The maximum atomic E-state index is 10.4. The van der Waals surface area contributed by atoms with Crippen molar-refractivity contribution in [2.45, 2.75) is 45.4 Å². The molecule has 112 valence electrons. The van der Waals surface area contributed by atoms with Crippen molar-refractivity contribution < 1.29 is 28.0 Å². The summed E-state index contributed by atoms with van der Waals surface area (Å²) in [5, 5.41) is 0. The molecular formula is C10H22NO6P2+. The molecule has 0 amide bonds. The molecule has 0 saturated heterocycles. The van der Waals surface area contributed by atoms with E-state index in [2.05, 4.69) is 16.0 Å². The van der Waals surface area contributed by atoms with E-state index in [9.17, 15) is 14.0 Å². The Hall–Kier alpha value is -0.0000000000000000763. The third kappa shape index (κ3) is 14.2. The van der Waals surface area contributed by atoms with Gasteiger partial charge in [-0.3, -0.25) is 0 Å². The molecule has 0 fully saturated rings. The summed E-state index contributed by atoms with van der Waals surface area (Å²) in [5.41, 5.74) is 0. The van der Waals surface area contributed by atoms with Gasteiger partial charge in [-0.05, 0) is 11.0 Å². The lowest BCUT2D eigenvalue weighted by Gasteiger charge is -2.15. The van der Waals surface area contributed by atoms with Gasteiger partial charge in [0.25, 0.3) is 0 Å². The van der Waals surface area contributed by atoms with Crippen LogP contribution in [-0.4, -0.2) is 29.8 Å². The molecule has 0 aromatic rings. The SMILES string of the molecule is CCCCCCCCN(CO[P+](=O)[O-])CO[P+](=O)O. The van der Waals surface area contributed by atoms with E-state index in [0.29, 0.717) is 6.54 Å². The van der Waals surface area contributed by atoms with Crippen molar-refractivity contribution in [1.82, 2.24) is 4.90 Å². The van der Waals surface area contributed by atoms with Crippen LogP contribution in [0, 0.1) is 0 Å². The molecule has 0 aliphatic rings. The van der Waals surface area contributed by atoms with E-state index in [4.69, 9.17) is 4.89 Å². The van der Waals surface area contributed by atoms with E-state index in [1.807, 2.05) is 0 Å². The summed E-state index contributed by atoms with van der Waals surface area (Å²) in [6.07, 6.45) is 6.64. The van der Waals surface area contributed by atoms with Crippen LogP contribution in [-0.2, 0) is 18.2 Å². The monoisotopic (exact) mass is 314 g/mol. The topological polar surface area (TPSA) is 99.1 Å². The molecule has 0 rings (SSSR count). The van der Waals surface area contributed by atoms with Crippen molar-refractivity contribution in [2.24, 2.45) is 0 Å². The van der Waals surface area contributed by atoms with Crippen LogP contribution in [0.25, 0.3) is 0 Å². The third-order valence-corrected chi connectivity index (χ3v) is 3.19. The molecule has 0 spiro atoms. The molecule has 19 heavy (non-hydrogen) atoms. The van der Waals surface area contributed by atoms with Gasteiger partial charge >= 0.3 is 16.5 Å². The molecule has 0 saturated carbocycles. The first kappa shape index (κ1) is 19.0. The second kappa shape index (κ2) is 13.0. The maximum Gasteiger partial charge on any atom is 0.696 e. The third-order valence-electron chi connectivity index (χ3n) is 2.52. The van der Waals surface area contributed by atoms with Gasteiger partial charge in [-0.2, -0.15) is 0 Å². The van der Waals surface area contributed by atoms with Crippen LogP contribution in [0.1, 0.15) is 45.4 Å². The van der Waals surface area contributed by atoms with E-state index in [1.54, 1.807) is 0 Å². The zero-order valence-electron chi connectivity index (χ0n) is 11.2. The van der Waals surface area contributed by atoms with Gasteiger partial charge in [0.15, 0.2) is 13.5 Å². The fourth-order valence-electron chi connectivity index (χ4n) is 1.54. The number of nitrogens with zero attached hydrogens (tertiary/aromatic N) is 1. The highest BCUT2D eigenvalue weighted by atomic mass is 31.1. The van der Waals surface area contributed by atoms with Gasteiger partial charge in [-0.1, -0.05) is 39.0 Å². The Balaban J connectivity index is 3.76. The van der Waals surface area contributed by atoms with Crippen molar-refractivity contribution in [1.29, 1.82) is 0 Å². The van der Waals surface area contributed by atoms with Gasteiger partial charge in [-0.15, -0.1) is 13.9 Å². The summed E-state index contributed by atoms with van der Waals surface area (Å²) in [7, 11) is -5.60. The highest BCUT2D eigenvalue weighted by molar-refractivity contribution is 7.32. The number of hydrogen-bond acceptors (Lipinski definition) is 6. The summed E-state index contributed by atoms with van der Waals surface area (Å²) in [5.74, 6) is 0. The maximum absolute atomic E-state index is 10.4. The highest BCUT2D eigenvalue weighted by Crippen LogP contribution is 2.17. The fourth-order valence-corrected chi connectivity index (χ4v) is 2.06. The number of unbranched alkanes of at least 4 members (excludes halogenated alkanes) is 5. The molecule has 7 nitrogen and oxygen atoms in total. The minimum absolute atomic E-state index is 0.121. The minimum Gasteiger partial charge on any atom is -0.566 e. The quantitative estimate of drug-likeness (QED) is 0.316. The summed E-state index contributed by atoms with van der Waals surface area (Å²) < 4.78 is 29.8. The lowest BCUT2D eigenvalue weighted by atomic mass is 10.1. The lowest BCUT2D eigenvalue weighted by molar-refractivity contribution is -0.189. The smallest absolute Gasteiger partial charge is 0.566 e. The molecule has 1 N–H and O–H groups in total. The van der Waals surface area contributed by atoms with Crippen molar-refractivity contribution in [2.75, 3.05) is 20.0 Å². The molecule has 9 heteroatoms. The Bertz CT molecular complexity index is 248. The van der Waals surface area contributed by atoms with E-state index in [0.717, 1.165) is 19.3 Å². The molecule has 2 unspecified atom stereocenters. The first-order valence-electron chi connectivity index (χ1n) is 6.35. The largest absolute Gasteiger partial charge is 0.696 e. The molecule has 0 bridgehead atoms. The molecule has 0 radical (unpaired) electrons. The van der Waals surface area contributed by atoms with Crippen LogP contribution in [0.3, 0.4) is 0 Å². The standard InChI is InChI=1S/C10H21NO6P2/c1-2-3-4-5-6-7-8-11(9-16-18(12)13)10-17-19(14)15/h2-10H2,1H3/p+1. The average molecular weight is 314 g/mol. The van der Waals surface area contributed by atoms with Gasteiger partial charge in [0.2, 0.25) is 0 Å². The normalized spacial score (nSPS) is 12.8. The van der Waals surface area contributed by atoms with Crippen LogP contribution >= 0.6 is 16.5 Å². The average Bonchev–Trinajstić information content (AvgIpc) is 2.35. The molecular weight excluding hydrogens is 292 g/mol. The van der Waals surface area contributed by atoms with Gasteiger partial charge in [0.1, 0.15) is 0 Å². The van der Waals surface area contributed by atoms with E-state index >= 15 is 0 Å². The zero-order valence-corrected chi connectivity index (χ0v) is 13.0. The molecule has 0 heterocycles. The second-order valence-electron chi connectivity index (χ2n) is 4.14.